The fourth-order valence-electron chi connectivity index (χ4n) is 1.48. The van der Waals surface area contributed by atoms with Gasteiger partial charge in [-0.3, -0.25) is 0 Å². The Bertz CT molecular complexity index is 547. The molecule has 2 rings (SSSR count). The molecule has 16 heavy (non-hydrogen) atoms. The van der Waals surface area contributed by atoms with Crippen molar-refractivity contribution in [3.05, 3.63) is 23.5 Å². The second kappa shape index (κ2) is 3.80. The Hall–Kier alpha value is -2.11. The van der Waals surface area contributed by atoms with Crippen molar-refractivity contribution in [1.82, 2.24) is 14.6 Å². The van der Waals surface area contributed by atoms with E-state index >= 15 is 0 Å². The first-order valence-electron chi connectivity index (χ1n) is 4.96. The number of carboxylic acid groups (broad SMARTS) is 1. The van der Waals surface area contributed by atoms with Crippen LogP contribution in [0.3, 0.4) is 0 Å². The molecule has 6 heteroatoms. The number of aryl methyl sites for hydroxylation is 1. The van der Waals surface area contributed by atoms with Crippen LogP contribution in [0.1, 0.15) is 23.1 Å². The van der Waals surface area contributed by atoms with Crippen LogP contribution >= 0.6 is 0 Å². The summed E-state index contributed by atoms with van der Waals surface area (Å²) in [5.41, 5.74) is 1.44. The van der Waals surface area contributed by atoms with Gasteiger partial charge in [0.05, 0.1) is 5.69 Å². The molecule has 0 atom stereocenters. The molecule has 2 heterocycles. The minimum Gasteiger partial charge on any atom is -0.477 e. The second-order valence-electron chi connectivity index (χ2n) is 3.34. The van der Waals surface area contributed by atoms with E-state index in [1.165, 1.54) is 6.07 Å². The third-order valence-corrected chi connectivity index (χ3v) is 2.32. The van der Waals surface area contributed by atoms with Gasteiger partial charge in [0.15, 0.2) is 11.3 Å². The Morgan fingerprint density at radius 1 is 1.56 bits per heavy atom. The van der Waals surface area contributed by atoms with Crippen molar-refractivity contribution in [3.8, 4) is 0 Å². The minimum absolute atomic E-state index is 0.0133. The molecule has 84 valence electrons. The summed E-state index contributed by atoms with van der Waals surface area (Å²) >= 11 is 0. The van der Waals surface area contributed by atoms with Gasteiger partial charge in [-0.2, -0.15) is 9.61 Å². The molecule has 0 unspecified atom stereocenters. The number of aromatic nitrogens is 3. The number of nitrogens with one attached hydrogen (secondary N) is 1. The molecule has 0 fully saturated rings. The first-order valence-corrected chi connectivity index (χ1v) is 4.96. The van der Waals surface area contributed by atoms with Gasteiger partial charge in [0.2, 0.25) is 0 Å². The zero-order chi connectivity index (χ0) is 11.7. The van der Waals surface area contributed by atoms with E-state index < -0.39 is 5.97 Å². The van der Waals surface area contributed by atoms with E-state index in [1.807, 2.05) is 6.92 Å². The maximum atomic E-state index is 10.9. The molecule has 0 aliphatic rings. The van der Waals surface area contributed by atoms with Crippen molar-refractivity contribution in [1.29, 1.82) is 0 Å². The monoisotopic (exact) mass is 220 g/mol. The van der Waals surface area contributed by atoms with Gasteiger partial charge in [-0.1, -0.05) is 6.92 Å². The second-order valence-corrected chi connectivity index (χ2v) is 3.34. The van der Waals surface area contributed by atoms with E-state index in [4.69, 9.17) is 5.11 Å². The predicted octanol–water partition coefficient (Wildman–Crippen LogP) is 1.03. The van der Waals surface area contributed by atoms with Crippen LogP contribution in [0.4, 0.5) is 5.82 Å². The van der Waals surface area contributed by atoms with Gasteiger partial charge in [0.1, 0.15) is 5.82 Å². The summed E-state index contributed by atoms with van der Waals surface area (Å²) in [6.07, 6.45) is 0.787. The lowest BCUT2D eigenvalue weighted by Crippen LogP contribution is -2.07. The quantitative estimate of drug-likeness (QED) is 0.807. The molecule has 0 saturated carbocycles. The summed E-state index contributed by atoms with van der Waals surface area (Å²) < 4.78 is 1.60. The fourth-order valence-corrected chi connectivity index (χ4v) is 1.48. The van der Waals surface area contributed by atoms with Crippen LogP contribution in [-0.4, -0.2) is 32.7 Å². The Balaban J connectivity index is 2.70. The maximum Gasteiger partial charge on any atom is 0.354 e. The van der Waals surface area contributed by atoms with E-state index in [1.54, 1.807) is 17.6 Å². The number of aromatic carboxylic acids is 1. The van der Waals surface area contributed by atoms with Crippen LogP contribution in [-0.2, 0) is 6.42 Å². The Labute approximate surface area is 91.9 Å². The molecular weight excluding hydrogens is 208 g/mol. The predicted molar refractivity (Wildman–Crippen MR) is 58.9 cm³/mol. The Morgan fingerprint density at radius 2 is 2.31 bits per heavy atom. The van der Waals surface area contributed by atoms with Gasteiger partial charge in [0, 0.05) is 19.2 Å². The molecule has 0 amide bonds. The van der Waals surface area contributed by atoms with Crippen LogP contribution in [0.2, 0.25) is 0 Å². The summed E-state index contributed by atoms with van der Waals surface area (Å²) in [4.78, 5) is 14.9. The van der Waals surface area contributed by atoms with Crippen molar-refractivity contribution < 1.29 is 9.90 Å². The molecule has 0 saturated heterocycles. The molecule has 0 aliphatic heterocycles. The first-order chi connectivity index (χ1) is 7.65. The summed E-state index contributed by atoms with van der Waals surface area (Å²) in [5, 5.41) is 16.1. The fraction of sp³-hybridized carbons (Fsp3) is 0.300. The maximum absolute atomic E-state index is 10.9. The van der Waals surface area contributed by atoms with Crippen LogP contribution in [0.25, 0.3) is 5.65 Å². The number of carbonyl (C=O) groups is 1. The number of anilines is 1. The van der Waals surface area contributed by atoms with Gasteiger partial charge in [0.25, 0.3) is 0 Å². The summed E-state index contributed by atoms with van der Waals surface area (Å²) in [6, 6.07) is 3.25. The van der Waals surface area contributed by atoms with Crippen LogP contribution in [0.5, 0.6) is 0 Å². The summed E-state index contributed by atoms with van der Waals surface area (Å²) in [7, 11) is 1.72. The molecular formula is C10H12N4O2. The molecule has 0 spiro atoms. The smallest absolute Gasteiger partial charge is 0.354 e. The van der Waals surface area contributed by atoms with Crippen molar-refractivity contribution >= 4 is 17.4 Å². The Morgan fingerprint density at radius 3 is 2.88 bits per heavy atom. The molecule has 0 bridgehead atoms. The van der Waals surface area contributed by atoms with E-state index in [2.05, 4.69) is 15.4 Å². The highest BCUT2D eigenvalue weighted by atomic mass is 16.4. The highest BCUT2D eigenvalue weighted by Gasteiger charge is 2.11. The zero-order valence-corrected chi connectivity index (χ0v) is 9.06. The highest BCUT2D eigenvalue weighted by Crippen LogP contribution is 2.14. The van der Waals surface area contributed by atoms with Crippen LogP contribution in [0, 0.1) is 0 Å². The number of carboxylic acids is 1. The third kappa shape index (κ3) is 1.58. The molecule has 6 nitrogen and oxygen atoms in total. The van der Waals surface area contributed by atoms with Crippen molar-refractivity contribution in [3.63, 3.8) is 0 Å². The molecule has 2 aromatic heterocycles. The van der Waals surface area contributed by atoms with Gasteiger partial charge in [-0.25, -0.2) is 9.78 Å². The number of hydrogen-bond acceptors (Lipinski definition) is 4. The van der Waals surface area contributed by atoms with Crippen molar-refractivity contribution in [2.75, 3.05) is 12.4 Å². The summed E-state index contributed by atoms with van der Waals surface area (Å²) in [6.45, 7) is 1.99. The molecule has 0 aromatic carbocycles. The average molecular weight is 220 g/mol. The minimum atomic E-state index is -1.04. The molecule has 0 radical (unpaired) electrons. The van der Waals surface area contributed by atoms with E-state index in [0.29, 0.717) is 11.5 Å². The topological polar surface area (TPSA) is 79.5 Å². The number of hydrogen-bond donors (Lipinski definition) is 2. The van der Waals surface area contributed by atoms with Gasteiger partial charge >= 0.3 is 5.97 Å². The average Bonchev–Trinajstić information content (AvgIpc) is 2.70. The number of fused-ring (bicyclic) bond motifs is 1. The van der Waals surface area contributed by atoms with Crippen LogP contribution < -0.4 is 5.32 Å². The first kappa shape index (κ1) is 10.4. The SMILES string of the molecule is CCc1cc2nc(C(=O)O)cc(NC)n2n1. The van der Waals surface area contributed by atoms with E-state index in [9.17, 15) is 4.79 Å². The largest absolute Gasteiger partial charge is 0.477 e. The molecule has 0 aliphatic carbocycles. The van der Waals surface area contributed by atoms with Crippen molar-refractivity contribution in [2.24, 2.45) is 0 Å². The number of nitrogens with zero attached hydrogens (tertiary/aromatic N) is 3. The van der Waals surface area contributed by atoms with Gasteiger partial charge in [-0.15, -0.1) is 0 Å². The lowest BCUT2D eigenvalue weighted by Gasteiger charge is -2.04. The lowest BCUT2D eigenvalue weighted by atomic mass is 10.3. The normalized spacial score (nSPS) is 10.6. The van der Waals surface area contributed by atoms with E-state index in [0.717, 1.165) is 12.1 Å². The molecule has 2 aromatic rings. The molecule has 2 N–H and O–H groups in total. The third-order valence-electron chi connectivity index (χ3n) is 2.32. The van der Waals surface area contributed by atoms with Crippen LogP contribution in [0.15, 0.2) is 12.1 Å². The number of rotatable bonds is 3. The lowest BCUT2D eigenvalue weighted by molar-refractivity contribution is 0.0690. The zero-order valence-electron chi connectivity index (χ0n) is 9.06. The van der Waals surface area contributed by atoms with Gasteiger partial charge < -0.3 is 10.4 Å². The summed E-state index contributed by atoms with van der Waals surface area (Å²) in [5.74, 6) is -0.430. The Kier molecular flexibility index (Phi) is 2.47. The standard InChI is InChI=1S/C10H12N4O2/c1-3-6-4-9-12-7(10(15)16)5-8(11-2)14(9)13-6/h4-5,11H,3H2,1-2H3,(H,15,16). The van der Waals surface area contributed by atoms with Gasteiger partial charge in [-0.05, 0) is 6.42 Å². The van der Waals surface area contributed by atoms with Crippen molar-refractivity contribution in [2.45, 2.75) is 13.3 Å². The highest BCUT2D eigenvalue weighted by molar-refractivity contribution is 5.87. The van der Waals surface area contributed by atoms with E-state index in [-0.39, 0.29) is 5.69 Å².